The first-order valence-corrected chi connectivity index (χ1v) is 11.4. The van der Waals surface area contributed by atoms with Crippen molar-refractivity contribution in [3.05, 3.63) is 53.1 Å². The summed E-state index contributed by atoms with van der Waals surface area (Å²) in [6.07, 6.45) is 4.94. The van der Waals surface area contributed by atoms with Gasteiger partial charge in [-0.15, -0.1) is 0 Å². The van der Waals surface area contributed by atoms with Gasteiger partial charge >= 0.3 is 0 Å². The Morgan fingerprint density at radius 1 is 1.00 bits per heavy atom. The fourth-order valence-electron chi connectivity index (χ4n) is 5.06. The molecular formula is C24H26ClN3O4. The van der Waals surface area contributed by atoms with E-state index in [1.807, 2.05) is 0 Å². The third kappa shape index (κ3) is 4.54. The average molecular weight is 456 g/mol. The van der Waals surface area contributed by atoms with Gasteiger partial charge in [0.25, 0.3) is 5.91 Å². The zero-order valence-electron chi connectivity index (χ0n) is 17.7. The second kappa shape index (κ2) is 9.00. The molecule has 2 amide bonds. The average Bonchev–Trinajstić information content (AvgIpc) is 3.24. The molecule has 2 fully saturated rings. The number of amides is 2. The Morgan fingerprint density at radius 3 is 2.47 bits per heavy atom. The van der Waals surface area contributed by atoms with Crippen LogP contribution in [-0.2, 0) is 4.79 Å². The number of ether oxygens (including phenoxy) is 2. The summed E-state index contributed by atoms with van der Waals surface area (Å²) in [4.78, 5) is 27.8. The summed E-state index contributed by atoms with van der Waals surface area (Å²) in [6.45, 7) is 0.550. The lowest BCUT2D eigenvalue weighted by atomic mass is 9.81. The monoisotopic (exact) mass is 455 g/mol. The van der Waals surface area contributed by atoms with Crippen LogP contribution in [0.25, 0.3) is 0 Å². The molecule has 0 aromatic heterocycles. The predicted octanol–water partition coefficient (Wildman–Crippen LogP) is 3.82. The Balaban J connectivity index is 1.19. The number of carbonyl (C=O) groups excluding carboxylic acids is 2. The Labute approximate surface area is 192 Å². The van der Waals surface area contributed by atoms with Crippen LogP contribution in [0.1, 0.15) is 42.5 Å². The maximum Gasteiger partial charge on any atom is 0.251 e. The molecular weight excluding hydrogens is 430 g/mol. The molecule has 0 spiro atoms. The Bertz CT molecular complexity index is 999. The van der Waals surface area contributed by atoms with Crippen molar-refractivity contribution in [2.24, 2.45) is 0 Å². The van der Waals surface area contributed by atoms with E-state index < -0.39 is 0 Å². The van der Waals surface area contributed by atoms with Gasteiger partial charge in [0, 0.05) is 34.4 Å². The molecule has 0 radical (unpaired) electrons. The molecule has 3 aliphatic heterocycles. The van der Waals surface area contributed by atoms with Gasteiger partial charge in [-0.3, -0.25) is 14.5 Å². The van der Waals surface area contributed by atoms with Crippen LogP contribution in [0, 0.1) is 0 Å². The quantitative estimate of drug-likeness (QED) is 0.716. The van der Waals surface area contributed by atoms with Gasteiger partial charge in [-0.05, 0) is 68.1 Å². The van der Waals surface area contributed by atoms with E-state index >= 15 is 0 Å². The highest BCUT2D eigenvalue weighted by atomic mass is 35.5. The van der Waals surface area contributed by atoms with Gasteiger partial charge in [0.1, 0.15) is 0 Å². The zero-order valence-corrected chi connectivity index (χ0v) is 18.4. The van der Waals surface area contributed by atoms with E-state index in [1.165, 1.54) is 0 Å². The largest absolute Gasteiger partial charge is 0.454 e. The highest BCUT2D eigenvalue weighted by Gasteiger charge is 2.39. The summed E-state index contributed by atoms with van der Waals surface area (Å²) in [7, 11) is 0. The van der Waals surface area contributed by atoms with E-state index in [1.54, 1.807) is 42.5 Å². The van der Waals surface area contributed by atoms with Gasteiger partial charge in [-0.2, -0.15) is 0 Å². The van der Waals surface area contributed by atoms with Crippen molar-refractivity contribution in [3.63, 3.8) is 0 Å². The molecule has 0 saturated carbocycles. The molecule has 0 aliphatic carbocycles. The van der Waals surface area contributed by atoms with Crippen LogP contribution < -0.4 is 20.1 Å². The van der Waals surface area contributed by atoms with Gasteiger partial charge in [0.15, 0.2) is 11.5 Å². The number of anilines is 1. The minimum atomic E-state index is -0.0969. The van der Waals surface area contributed by atoms with Crippen molar-refractivity contribution in [3.8, 4) is 11.5 Å². The first kappa shape index (κ1) is 21.1. The van der Waals surface area contributed by atoms with E-state index in [2.05, 4.69) is 15.5 Å². The molecule has 168 valence electrons. The number of fused-ring (bicyclic) bond motifs is 3. The van der Waals surface area contributed by atoms with Crippen LogP contribution in [0.3, 0.4) is 0 Å². The van der Waals surface area contributed by atoms with Crippen molar-refractivity contribution in [1.29, 1.82) is 0 Å². The van der Waals surface area contributed by atoms with Gasteiger partial charge in [-0.1, -0.05) is 18.0 Å². The Morgan fingerprint density at radius 2 is 1.72 bits per heavy atom. The van der Waals surface area contributed by atoms with Crippen LogP contribution in [0.2, 0.25) is 5.02 Å². The van der Waals surface area contributed by atoms with Crippen molar-refractivity contribution < 1.29 is 19.1 Å². The number of rotatable bonds is 5. The minimum Gasteiger partial charge on any atom is -0.454 e. The number of hydrogen-bond acceptors (Lipinski definition) is 5. The third-order valence-electron chi connectivity index (χ3n) is 6.55. The van der Waals surface area contributed by atoms with Crippen LogP contribution in [0.4, 0.5) is 5.69 Å². The molecule has 2 aromatic rings. The first-order chi connectivity index (χ1) is 15.5. The number of halogens is 1. The minimum absolute atomic E-state index is 0.0212. The standard InChI is InChI=1S/C24H26ClN3O4/c25-16-5-7-17(8-6-16)26-23(29)13-28-19-2-1-3-20(28)12-18(11-19)27-24(30)15-4-9-21-22(10-15)32-14-31-21/h4-10,18-20H,1-3,11-14H2,(H,26,29)(H,27,30). The molecule has 8 heteroatoms. The van der Waals surface area contributed by atoms with E-state index in [0.717, 1.165) is 37.8 Å². The van der Waals surface area contributed by atoms with E-state index in [0.29, 0.717) is 40.7 Å². The van der Waals surface area contributed by atoms with Gasteiger partial charge in [-0.25, -0.2) is 0 Å². The number of nitrogens with one attached hydrogen (secondary N) is 2. The number of nitrogens with zero attached hydrogens (tertiary/aromatic N) is 1. The molecule has 2 atom stereocenters. The summed E-state index contributed by atoms with van der Waals surface area (Å²) in [5, 5.41) is 6.80. The van der Waals surface area contributed by atoms with Crippen LogP contribution in [0.5, 0.6) is 11.5 Å². The van der Waals surface area contributed by atoms with Crippen molar-refractivity contribution in [1.82, 2.24) is 10.2 Å². The smallest absolute Gasteiger partial charge is 0.251 e. The summed E-state index contributed by atoms with van der Waals surface area (Å²) in [6, 6.07) is 13.1. The lowest BCUT2D eigenvalue weighted by Gasteiger charge is -2.48. The maximum atomic E-state index is 12.8. The fourth-order valence-corrected chi connectivity index (χ4v) is 5.19. The lowest BCUT2D eigenvalue weighted by Crippen LogP contribution is -2.58. The number of piperidine rings is 2. The maximum absolute atomic E-state index is 12.8. The summed E-state index contributed by atoms with van der Waals surface area (Å²) in [5.74, 6) is 1.16. The molecule has 3 heterocycles. The summed E-state index contributed by atoms with van der Waals surface area (Å²) in [5.41, 5.74) is 1.32. The second-order valence-corrected chi connectivity index (χ2v) is 9.11. The Hall–Kier alpha value is -2.77. The van der Waals surface area contributed by atoms with Crippen LogP contribution in [-0.4, -0.2) is 48.2 Å². The topological polar surface area (TPSA) is 79.9 Å². The van der Waals surface area contributed by atoms with Gasteiger partial charge in [0.2, 0.25) is 12.7 Å². The van der Waals surface area contributed by atoms with E-state index in [-0.39, 0.29) is 24.6 Å². The number of benzene rings is 2. The molecule has 2 N–H and O–H groups in total. The molecule has 7 nitrogen and oxygen atoms in total. The molecule has 2 saturated heterocycles. The van der Waals surface area contributed by atoms with Crippen molar-refractivity contribution in [2.45, 2.75) is 50.2 Å². The van der Waals surface area contributed by atoms with Gasteiger partial charge < -0.3 is 20.1 Å². The molecule has 5 rings (SSSR count). The molecule has 2 aromatic carbocycles. The van der Waals surface area contributed by atoms with Crippen LogP contribution >= 0.6 is 11.6 Å². The third-order valence-corrected chi connectivity index (χ3v) is 6.80. The normalized spacial score (nSPS) is 24.1. The summed E-state index contributed by atoms with van der Waals surface area (Å²) >= 11 is 5.92. The number of hydrogen-bond donors (Lipinski definition) is 2. The zero-order chi connectivity index (χ0) is 22.1. The second-order valence-electron chi connectivity index (χ2n) is 8.68. The van der Waals surface area contributed by atoms with E-state index in [4.69, 9.17) is 21.1 Å². The first-order valence-electron chi connectivity index (χ1n) is 11.1. The SMILES string of the molecule is O=C(CN1C2CCCC1CC(NC(=O)c1ccc3c(c1)OCO3)C2)Nc1ccc(Cl)cc1. The highest BCUT2D eigenvalue weighted by Crippen LogP contribution is 2.35. The predicted molar refractivity (Wildman–Crippen MR) is 121 cm³/mol. The Kier molecular flexibility index (Phi) is 5.93. The molecule has 3 aliphatic rings. The number of carbonyl (C=O) groups is 2. The van der Waals surface area contributed by atoms with Crippen molar-refractivity contribution in [2.75, 3.05) is 18.7 Å². The lowest BCUT2D eigenvalue weighted by molar-refractivity contribution is -0.120. The van der Waals surface area contributed by atoms with Gasteiger partial charge in [0.05, 0.1) is 6.54 Å². The summed E-state index contributed by atoms with van der Waals surface area (Å²) < 4.78 is 10.7. The molecule has 2 unspecified atom stereocenters. The fraction of sp³-hybridized carbons (Fsp3) is 0.417. The van der Waals surface area contributed by atoms with Crippen molar-refractivity contribution >= 4 is 29.1 Å². The van der Waals surface area contributed by atoms with Crippen LogP contribution in [0.15, 0.2) is 42.5 Å². The molecule has 2 bridgehead atoms. The molecule has 32 heavy (non-hydrogen) atoms. The highest BCUT2D eigenvalue weighted by molar-refractivity contribution is 6.30. The van der Waals surface area contributed by atoms with E-state index in [9.17, 15) is 9.59 Å².